The molecule has 0 saturated heterocycles. The summed E-state index contributed by atoms with van der Waals surface area (Å²) in [5, 5.41) is 0. The van der Waals surface area contributed by atoms with Crippen LogP contribution in [0.15, 0.2) is 103 Å². The molecule has 3 heterocycles. The number of aromatic nitrogens is 2. The summed E-state index contributed by atoms with van der Waals surface area (Å²) in [6, 6.07) is 34.3. The maximum atomic E-state index is 5.99. The van der Waals surface area contributed by atoms with Gasteiger partial charge in [-0.15, -0.1) is 0 Å². The third-order valence-corrected chi connectivity index (χ3v) is 15.7. The molecule has 0 amide bonds. The molecule has 0 radical (unpaired) electrons. The zero-order chi connectivity index (χ0) is 23.1. The molecule has 1 aliphatic heterocycles. The molecule has 4 heteroatoms. The first-order chi connectivity index (χ1) is 16.7. The van der Waals surface area contributed by atoms with E-state index in [1.54, 1.807) is 6.20 Å². The molecule has 0 atom stereocenters. The number of nitrogens with zero attached hydrogens (tertiary/aromatic N) is 2. The fraction of sp³-hybridized carbons (Fsp3) is 0.0667. The number of hydrogen-bond donors (Lipinski definition) is 0. The molecule has 2 aromatic heterocycles. The topological polar surface area (TPSA) is 35.0 Å². The summed E-state index contributed by atoms with van der Waals surface area (Å²) >= 11 is -2.49. The third-order valence-electron chi connectivity index (χ3n) is 6.27. The molecule has 0 bridgehead atoms. The van der Waals surface area contributed by atoms with Crippen LogP contribution in [0.25, 0.3) is 22.3 Å². The molecule has 0 N–H and O–H groups in total. The maximum absolute atomic E-state index is 5.99. The Labute approximate surface area is 207 Å². The molecule has 5 aromatic rings. The van der Waals surface area contributed by atoms with Crippen LogP contribution in [0.2, 0.25) is 0 Å². The number of fused-ring (bicyclic) bond motifs is 3. The molecule has 0 fully saturated rings. The van der Waals surface area contributed by atoms with Crippen molar-refractivity contribution in [1.29, 1.82) is 0 Å². The minimum atomic E-state index is -2.49. The summed E-state index contributed by atoms with van der Waals surface area (Å²) in [6.07, 6.45) is 1.74. The van der Waals surface area contributed by atoms with Crippen LogP contribution in [-0.4, -0.2) is 31.7 Å². The molecule has 1 aliphatic rings. The van der Waals surface area contributed by atoms with E-state index >= 15 is 0 Å². The van der Waals surface area contributed by atoms with E-state index in [0.717, 1.165) is 17.0 Å². The fourth-order valence-electron chi connectivity index (χ4n) is 4.41. The van der Waals surface area contributed by atoms with Gasteiger partial charge >= 0.3 is 209 Å². The van der Waals surface area contributed by atoms with Gasteiger partial charge in [0.25, 0.3) is 0 Å². The molecule has 0 unspecified atom stereocenters. The quantitative estimate of drug-likeness (QED) is 0.254. The van der Waals surface area contributed by atoms with Crippen molar-refractivity contribution in [2.75, 3.05) is 0 Å². The first-order valence-electron chi connectivity index (χ1n) is 11.3. The number of ether oxygens (including phenoxy) is 1. The van der Waals surface area contributed by atoms with Crippen LogP contribution >= 0.6 is 0 Å². The summed E-state index contributed by atoms with van der Waals surface area (Å²) in [7, 11) is 0. The van der Waals surface area contributed by atoms with Crippen molar-refractivity contribution in [3.63, 3.8) is 0 Å². The first kappa shape index (κ1) is 21.2. The number of pyridine rings is 2. The fourth-order valence-corrected chi connectivity index (χ4v) is 14.5. The predicted molar refractivity (Wildman–Crippen MR) is 140 cm³/mol. The second kappa shape index (κ2) is 8.78. The van der Waals surface area contributed by atoms with Gasteiger partial charge in [0, 0.05) is 0 Å². The minimum absolute atomic E-state index is 0.598. The van der Waals surface area contributed by atoms with Crippen molar-refractivity contribution in [1.82, 2.24) is 9.97 Å². The average molecular weight is 637 g/mol. The van der Waals surface area contributed by atoms with E-state index in [0.29, 0.717) is 5.88 Å². The van der Waals surface area contributed by atoms with E-state index in [2.05, 4.69) is 85.6 Å². The van der Waals surface area contributed by atoms with Crippen LogP contribution < -0.4 is 14.7 Å². The molecule has 0 aliphatic carbocycles. The predicted octanol–water partition coefficient (Wildman–Crippen LogP) is 5.05. The Kier molecular flexibility index (Phi) is 5.47. The van der Waals surface area contributed by atoms with Crippen LogP contribution in [-0.2, 0) is 0 Å². The molecule has 6 rings (SSSR count). The summed E-state index contributed by atoms with van der Waals surface area (Å²) < 4.78 is 10.3. The van der Waals surface area contributed by atoms with Gasteiger partial charge in [0.15, 0.2) is 0 Å². The normalized spacial score (nSPS) is 12.3. The third kappa shape index (κ3) is 3.83. The average Bonchev–Trinajstić information content (AvgIpc) is 3.20. The summed E-state index contributed by atoms with van der Waals surface area (Å²) in [4.78, 5) is 9.36. The number of hydrogen-bond acceptors (Lipinski definition) is 3. The van der Waals surface area contributed by atoms with Crippen molar-refractivity contribution in [3.05, 3.63) is 115 Å². The summed E-state index contributed by atoms with van der Waals surface area (Å²) in [5.74, 6) is 1.39. The van der Waals surface area contributed by atoms with Gasteiger partial charge in [-0.25, -0.2) is 0 Å². The Morgan fingerprint density at radius 3 is 2.35 bits per heavy atom. The summed E-state index contributed by atoms with van der Waals surface area (Å²) in [5.41, 5.74) is 7.49. The van der Waals surface area contributed by atoms with Crippen LogP contribution in [0, 0.1) is 13.8 Å². The van der Waals surface area contributed by atoms with Gasteiger partial charge in [0.2, 0.25) is 0 Å². The summed E-state index contributed by atoms with van der Waals surface area (Å²) in [6.45, 7) is 4.25. The SMILES string of the molecule is Cc1cc[c]([Bi]2[c]3ccccc3-c3ccc(-c4cccc(Oc5ccccn5)c4)c[c]32)nc1C. The van der Waals surface area contributed by atoms with E-state index in [1.807, 2.05) is 30.3 Å². The van der Waals surface area contributed by atoms with Gasteiger partial charge in [-0.2, -0.15) is 0 Å². The number of rotatable bonds is 4. The van der Waals surface area contributed by atoms with Crippen molar-refractivity contribution in [3.8, 4) is 33.9 Å². The zero-order valence-corrected chi connectivity index (χ0v) is 22.5. The van der Waals surface area contributed by atoms with E-state index < -0.39 is 21.8 Å². The molecule has 3 nitrogen and oxygen atoms in total. The molecular weight excluding hydrogens is 613 g/mol. The second-order valence-corrected chi connectivity index (χ2v) is 16.6. The Hall–Kier alpha value is -3.36. The second-order valence-electron chi connectivity index (χ2n) is 8.45. The van der Waals surface area contributed by atoms with E-state index in [1.165, 1.54) is 32.2 Å². The molecule has 3 aromatic carbocycles. The molecule has 164 valence electrons. The standard InChI is InChI=1S/C23H15NO.C7H8N.Bi/c1-2-7-18(8-3-1)19-12-14-20(15-13-19)21-9-6-10-22(17-21)25-23-11-4-5-16-24-23;1-6-4-3-5-8-7(6)2;/h1-7,9-12,14-17H;3-4H,1-2H3;. The van der Waals surface area contributed by atoms with Crippen molar-refractivity contribution >= 4 is 31.7 Å². The van der Waals surface area contributed by atoms with Gasteiger partial charge < -0.3 is 0 Å². The van der Waals surface area contributed by atoms with Gasteiger partial charge in [-0.3, -0.25) is 0 Å². The van der Waals surface area contributed by atoms with Crippen LogP contribution in [0.1, 0.15) is 11.3 Å². The van der Waals surface area contributed by atoms with Gasteiger partial charge in [-0.05, 0) is 0 Å². The van der Waals surface area contributed by atoms with Gasteiger partial charge in [-0.1, -0.05) is 0 Å². The Morgan fingerprint density at radius 2 is 1.50 bits per heavy atom. The van der Waals surface area contributed by atoms with Gasteiger partial charge in [0.1, 0.15) is 0 Å². The van der Waals surface area contributed by atoms with E-state index in [-0.39, 0.29) is 0 Å². The Morgan fingerprint density at radius 1 is 0.676 bits per heavy atom. The zero-order valence-electron chi connectivity index (χ0n) is 19.1. The van der Waals surface area contributed by atoms with Crippen LogP contribution in [0.5, 0.6) is 11.6 Å². The Balaban J connectivity index is 1.44. The van der Waals surface area contributed by atoms with Gasteiger partial charge in [0.05, 0.1) is 0 Å². The molecular formula is C30H23BiN2O. The van der Waals surface area contributed by atoms with Crippen molar-refractivity contribution in [2.45, 2.75) is 13.8 Å². The van der Waals surface area contributed by atoms with Crippen molar-refractivity contribution in [2.24, 2.45) is 0 Å². The number of benzene rings is 3. The van der Waals surface area contributed by atoms with Crippen LogP contribution in [0.4, 0.5) is 0 Å². The van der Waals surface area contributed by atoms with E-state index in [4.69, 9.17) is 9.72 Å². The van der Waals surface area contributed by atoms with Crippen LogP contribution in [0.3, 0.4) is 0 Å². The molecule has 34 heavy (non-hydrogen) atoms. The molecule has 0 saturated carbocycles. The van der Waals surface area contributed by atoms with E-state index in [9.17, 15) is 0 Å². The molecule has 0 spiro atoms. The first-order valence-corrected chi connectivity index (χ1v) is 16.6. The number of aryl methyl sites for hydroxylation is 2. The van der Waals surface area contributed by atoms with Crippen molar-refractivity contribution < 1.29 is 4.74 Å². The Bertz CT molecular complexity index is 1510. The monoisotopic (exact) mass is 636 g/mol.